The average molecular weight is 361 g/mol. The van der Waals surface area contributed by atoms with Crippen molar-refractivity contribution in [2.24, 2.45) is 0 Å². The maximum Gasteiger partial charge on any atom is 0.268 e. The predicted molar refractivity (Wildman–Crippen MR) is 97.1 cm³/mol. The molecule has 1 saturated carbocycles. The van der Waals surface area contributed by atoms with Crippen molar-refractivity contribution in [3.63, 3.8) is 0 Å². The van der Waals surface area contributed by atoms with E-state index in [9.17, 15) is 9.59 Å². The molecule has 6 nitrogen and oxygen atoms in total. The lowest BCUT2D eigenvalue weighted by molar-refractivity contribution is -0.134. The van der Waals surface area contributed by atoms with Crippen molar-refractivity contribution >= 4 is 33.4 Å². The lowest BCUT2D eigenvalue weighted by atomic mass is 10.2. The summed E-state index contributed by atoms with van der Waals surface area (Å²) < 4.78 is 8.58. The largest absolute Gasteiger partial charge is 0.378 e. The van der Waals surface area contributed by atoms with Gasteiger partial charge >= 0.3 is 0 Å². The third kappa shape index (κ3) is 3.30. The second kappa shape index (κ2) is 7.17. The first-order valence-corrected chi connectivity index (χ1v) is 9.84. The molecule has 0 aromatic carbocycles. The first kappa shape index (κ1) is 16.6. The molecule has 3 heterocycles. The van der Waals surface area contributed by atoms with E-state index in [1.54, 1.807) is 16.2 Å². The molecule has 1 aliphatic carbocycles. The molecule has 7 heteroatoms. The fourth-order valence-electron chi connectivity index (χ4n) is 3.85. The van der Waals surface area contributed by atoms with Gasteiger partial charge in [-0.2, -0.15) is 0 Å². The molecule has 134 valence electrons. The highest BCUT2D eigenvalue weighted by molar-refractivity contribution is 7.17. The van der Waals surface area contributed by atoms with Crippen molar-refractivity contribution in [2.75, 3.05) is 32.8 Å². The third-order valence-electron chi connectivity index (χ3n) is 5.15. The number of carbonyl (C=O) groups excluding carboxylic acids is 2. The Labute approximate surface area is 150 Å². The Morgan fingerprint density at radius 3 is 2.76 bits per heavy atom. The minimum atomic E-state index is -0.156. The summed E-state index contributed by atoms with van der Waals surface area (Å²) in [6.07, 6.45) is 4.66. The van der Waals surface area contributed by atoms with E-state index in [1.807, 2.05) is 6.07 Å². The van der Waals surface area contributed by atoms with Crippen LogP contribution in [0.25, 0.3) is 10.2 Å². The summed E-state index contributed by atoms with van der Waals surface area (Å²) in [5, 5.41) is 4.89. The van der Waals surface area contributed by atoms with Crippen molar-refractivity contribution in [1.29, 1.82) is 0 Å². The molecule has 2 amide bonds. The van der Waals surface area contributed by atoms with Crippen molar-refractivity contribution in [1.82, 2.24) is 14.8 Å². The maximum atomic E-state index is 12.8. The normalized spacial score (nSPS) is 18.8. The predicted octanol–water partition coefficient (Wildman–Crippen LogP) is 2.41. The van der Waals surface area contributed by atoms with Gasteiger partial charge in [0, 0.05) is 19.1 Å². The van der Waals surface area contributed by atoms with E-state index in [4.69, 9.17) is 4.74 Å². The van der Waals surface area contributed by atoms with Gasteiger partial charge in [0.15, 0.2) is 0 Å². The van der Waals surface area contributed by atoms with E-state index in [2.05, 4.69) is 21.3 Å². The molecule has 4 rings (SSSR count). The van der Waals surface area contributed by atoms with Gasteiger partial charge in [-0.15, -0.1) is 11.3 Å². The lowest BCUT2D eigenvalue weighted by Crippen LogP contribution is -2.45. The zero-order valence-corrected chi connectivity index (χ0v) is 15.0. The third-order valence-corrected chi connectivity index (χ3v) is 6.00. The zero-order chi connectivity index (χ0) is 17.2. The van der Waals surface area contributed by atoms with Gasteiger partial charge in [-0.05, 0) is 30.4 Å². The number of rotatable bonds is 4. The number of nitrogens with one attached hydrogen (secondary N) is 1. The molecular weight excluding hydrogens is 338 g/mol. The molecular formula is C18H23N3O3S. The Bertz CT molecular complexity index is 770. The smallest absolute Gasteiger partial charge is 0.268 e. The molecule has 1 aliphatic heterocycles. The van der Waals surface area contributed by atoms with E-state index < -0.39 is 0 Å². The number of fused-ring (bicyclic) bond motifs is 1. The van der Waals surface area contributed by atoms with E-state index in [0.717, 1.165) is 23.1 Å². The van der Waals surface area contributed by atoms with Crippen molar-refractivity contribution in [3.05, 3.63) is 23.2 Å². The summed E-state index contributed by atoms with van der Waals surface area (Å²) in [5.41, 5.74) is 1.82. The van der Waals surface area contributed by atoms with Crippen LogP contribution >= 0.6 is 11.3 Å². The molecule has 0 atom stereocenters. The first-order chi connectivity index (χ1) is 12.2. The molecule has 0 radical (unpaired) electrons. The van der Waals surface area contributed by atoms with Crippen LogP contribution in [-0.4, -0.2) is 54.1 Å². The van der Waals surface area contributed by atoms with Gasteiger partial charge in [-0.25, -0.2) is 0 Å². The van der Waals surface area contributed by atoms with Crippen LogP contribution in [0.2, 0.25) is 0 Å². The summed E-state index contributed by atoms with van der Waals surface area (Å²) in [7, 11) is 0. The summed E-state index contributed by atoms with van der Waals surface area (Å²) in [4.78, 5) is 26.8. The van der Waals surface area contributed by atoms with E-state index >= 15 is 0 Å². The molecule has 0 spiro atoms. The van der Waals surface area contributed by atoms with Crippen LogP contribution in [0.5, 0.6) is 0 Å². The number of nitrogens with zero attached hydrogens (tertiary/aromatic N) is 2. The van der Waals surface area contributed by atoms with Crippen LogP contribution in [-0.2, 0) is 9.53 Å². The number of ether oxygens (including phenoxy) is 1. The van der Waals surface area contributed by atoms with Crippen LogP contribution < -0.4 is 5.32 Å². The van der Waals surface area contributed by atoms with Gasteiger partial charge in [0.2, 0.25) is 5.91 Å². The van der Waals surface area contributed by atoms with E-state index in [-0.39, 0.29) is 18.4 Å². The van der Waals surface area contributed by atoms with Crippen LogP contribution in [0, 0.1) is 0 Å². The lowest BCUT2D eigenvalue weighted by Gasteiger charge is -2.27. The number of carbonyl (C=O) groups is 2. The number of morpholine rings is 1. The maximum absolute atomic E-state index is 12.8. The molecule has 1 saturated heterocycles. The Hall–Kier alpha value is -1.86. The second-order valence-electron chi connectivity index (χ2n) is 6.68. The summed E-state index contributed by atoms with van der Waals surface area (Å²) in [6.45, 7) is 2.38. The number of hydrogen-bond donors (Lipinski definition) is 1. The van der Waals surface area contributed by atoms with Crippen LogP contribution in [0.15, 0.2) is 17.5 Å². The van der Waals surface area contributed by atoms with Crippen LogP contribution in [0.3, 0.4) is 0 Å². The number of hydrogen-bond acceptors (Lipinski definition) is 4. The van der Waals surface area contributed by atoms with Gasteiger partial charge < -0.3 is 19.5 Å². The quantitative estimate of drug-likeness (QED) is 0.910. The Balaban J connectivity index is 1.48. The summed E-state index contributed by atoms with van der Waals surface area (Å²) in [6, 6.07) is 4.45. The molecule has 0 unspecified atom stereocenters. The Morgan fingerprint density at radius 2 is 2.00 bits per heavy atom. The summed E-state index contributed by atoms with van der Waals surface area (Å²) >= 11 is 1.66. The Morgan fingerprint density at radius 1 is 1.24 bits per heavy atom. The topological polar surface area (TPSA) is 63.6 Å². The van der Waals surface area contributed by atoms with Crippen molar-refractivity contribution < 1.29 is 14.3 Å². The van der Waals surface area contributed by atoms with Gasteiger partial charge in [0.1, 0.15) is 5.69 Å². The zero-order valence-electron chi connectivity index (χ0n) is 14.2. The molecule has 0 bridgehead atoms. The molecule has 2 aromatic heterocycles. The molecule has 1 N–H and O–H groups in total. The average Bonchev–Trinajstić information content (AvgIpc) is 3.36. The first-order valence-electron chi connectivity index (χ1n) is 8.96. The van der Waals surface area contributed by atoms with E-state index in [0.29, 0.717) is 38.0 Å². The highest BCUT2D eigenvalue weighted by Gasteiger charge is 2.25. The minimum absolute atomic E-state index is 0.0440. The highest BCUT2D eigenvalue weighted by Crippen LogP contribution is 2.36. The standard InChI is InChI=1S/C18H23N3O3S/c22-17(20-6-8-24-9-7-20)12-19-18(23)15-11-16-14(5-10-25-16)21(15)13-3-1-2-4-13/h5,10-11,13H,1-4,6-9,12H2,(H,19,23). The van der Waals surface area contributed by atoms with Gasteiger partial charge in [0.25, 0.3) is 5.91 Å². The molecule has 25 heavy (non-hydrogen) atoms. The second-order valence-corrected chi connectivity index (χ2v) is 7.63. The fourth-order valence-corrected chi connectivity index (χ4v) is 4.66. The Kier molecular flexibility index (Phi) is 4.76. The number of aromatic nitrogens is 1. The van der Waals surface area contributed by atoms with Crippen molar-refractivity contribution in [3.8, 4) is 0 Å². The molecule has 2 aromatic rings. The minimum Gasteiger partial charge on any atom is -0.378 e. The number of thiophene rings is 1. The molecule has 2 aliphatic rings. The van der Waals surface area contributed by atoms with Gasteiger partial charge in [-0.3, -0.25) is 9.59 Å². The van der Waals surface area contributed by atoms with Crippen LogP contribution in [0.1, 0.15) is 42.2 Å². The van der Waals surface area contributed by atoms with Crippen LogP contribution in [0.4, 0.5) is 0 Å². The van der Waals surface area contributed by atoms with Gasteiger partial charge in [-0.1, -0.05) is 12.8 Å². The van der Waals surface area contributed by atoms with E-state index in [1.165, 1.54) is 12.8 Å². The van der Waals surface area contributed by atoms with Crippen molar-refractivity contribution in [2.45, 2.75) is 31.7 Å². The SMILES string of the molecule is O=C(NCC(=O)N1CCOCC1)c1cc2sccc2n1C1CCCC1. The summed E-state index contributed by atoms with van der Waals surface area (Å²) in [5.74, 6) is -0.200. The number of amides is 2. The monoisotopic (exact) mass is 361 g/mol. The fraction of sp³-hybridized carbons (Fsp3) is 0.556. The molecule has 2 fully saturated rings. The van der Waals surface area contributed by atoms with Gasteiger partial charge in [0.05, 0.1) is 30.0 Å². The highest BCUT2D eigenvalue weighted by atomic mass is 32.1.